The minimum atomic E-state index is -0.215. The van der Waals surface area contributed by atoms with Crippen LogP contribution in [0.25, 0.3) is 0 Å². The number of thiocarbonyl (C=S) groups is 1. The Morgan fingerprint density at radius 3 is 1.16 bits per heavy atom. The molecule has 6 heteroatoms. The van der Waals surface area contributed by atoms with Crippen LogP contribution in [0.15, 0.2) is 91.0 Å². The second kappa shape index (κ2) is 13.8. The molecule has 0 atom stereocenters. The fourth-order valence-corrected chi connectivity index (χ4v) is 2.76. The molecule has 0 aliphatic heterocycles. The molecule has 0 N–H and O–H groups in total. The molecule has 0 fully saturated rings. The summed E-state index contributed by atoms with van der Waals surface area (Å²) in [6.45, 7) is 5.96. The fourth-order valence-electron chi connectivity index (χ4n) is 2.07. The second-order valence-corrected chi connectivity index (χ2v) is 8.39. The zero-order valence-electron chi connectivity index (χ0n) is 17.7. The van der Waals surface area contributed by atoms with Crippen LogP contribution in [0, 0.1) is 0 Å². The molecule has 0 aromatic heterocycles. The Kier molecular flexibility index (Phi) is 11.9. The summed E-state index contributed by atoms with van der Waals surface area (Å²) >= 11 is 12.4. The van der Waals surface area contributed by atoms with Crippen LogP contribution in [0.3, 0.4) is 0 Å². The Morgan fingerprint density at radius 2 is 0.935 bits per heavy atom. The number of rotatable bonds is 3. The Balaban J connectivity index is 0.000000239. The van der Waals surface area contributed by atoms with Gasteiger partial charge in [0.05, 0.1) is 0 Å². The van der Waals surface area contributed by atoms with Gasteiger partial charge in [0.2, 0.25) is 10.2 Å². The highest BCUT2D eigenvalue weighted by Crippen LogP contribution is 2.12. The molecule has 0 aliphatic rings. The van der Waals surface area contributed by atoms with E-state index in [0.29, 0.717) is 16.2 Å². The molecule has 3 aromatic carbocycles. The van der Waals surface area contributed by atoms with Crippen molar-refractivity contribution in [2.75, 3.05) is 0 Å². The molecule has 0 bridgehead atoms. The maximum Gasteiger partial charge on any atom is 0.216 e. The number of ether oxygens (including phenoxy) is 1. The zero-order chi connectivity index (χ0) is 23.3. The van der Waals surface area contributed by atoms with Crippen molar-refractivity contribution in [2.45, 2.75) is 26.4 Å². The third kappa shape index (κ3) is 12.1. The molecular weight excluding hydrogens is 444 g/mol. The minimum absolute atomic E-state index is 0.185. The van der Waals surface area contributed by atoms with Crippen LogP contribution in [-0.2, 0) is 4.74 Å². The van der Waals surface area contributed by atoms with E-state index in [1.807, 2.05) is 87.5 Å². The molecule has 3 rings (SSSR count). The molecular formula is C25H26O3S3. The molecule has 0 amide bonds. The summed E-state index contributed by atoms with van der Waals surface area (Å²) in [5.74, 6) is 0. The molecule has 0 saturated heterocycles. The predicted octanol–water partition coefficient (Wildman–Crippen LogP) is 6.69. The van der Waals surface area contributed by atoms with E-state index < -0.39 is 0 Å². The van der Waals surface area contributed by atoms with Crippen molar-refractivity contribution in [1.29, 1.82) is 0 Å². The summed E-state index contributed by atoms with van der Waals surface area (Å²) in [5.41, 5.74) is 2.03. The molecule has 0 spiro atoms. The highest BCUT2D eigenvalue weighted by molar-refractivity contribution is 7.97. The van der Waals surface area contributed by atoms with Crippen LogP contribution >= 0.6 is 37.5 Å². The molecule has 0 saturated carbocycles. The smallest absolute Gasteiger partial charge is 0.216 e. The van der Waals surface area contributed by atoms with E-state index in [2.05, 4.69) is 25.3 Å². The first-order chi connectivity index (χ1) is 14.6. The van der Waals surface area contributed by atoms with Gasteiger partial charge >= 0.3 is 0 Å². The van der Waals surface area contributed by atoms with E-state index in [0.717, 1.165) is 5.56 Å². The highest BCUT2D eigenvalue weighted by atomic mass is 32.1. The molecule has 3 aromatic rings. The summed E-state index contributed by atoms with van der Waals surface area (Å²) in [6.07, 6.45) is 0. The third-order valence-corrected chi connectivity index (χ3v) is 4.29. The van der Waals surface area contributed by atoms with Crippen LogP contribution in [-0.4, -0.2) is 20.9 Å². The SMILES string of the molecule is CC(C)(C)OC(=S)c1ccccc1.O=C(S)c1ccccc1.O=C(S)c1ccccc1. The van der Waals surface area contributed by atoms with Gasteiger partial charge in [0.25, 0.3) is 0 Å². The first kappa shape index (κ1) is 26.6. The van der Waals surface area contributed by atoms with Gasteiger partial charge in [0.15, 0.2) is 5.05 Å². The largest absolute Gasteiger partial charge is 0.477 e. The van der Waals surface area contributed by atoms with Gasteiger partial charge in [-0.2, -0.15) is 0 Å². The molecule has 0 unspecified atom stereocenters. The highest BCUT2D eigenvalue weighted by Gasteiger charge is 2.14. The van der Waals surface area contributed by atoms with Gasteiger partial charge in [-0.25, -0.2) is 0 Å². The van der Waals surface area contributed by atoms with E-state index in [-0.39, 0.29) is 15.8 Å². The van der Waals surface area contributed by atoms with Crippen molar-refractivity contribution in [3.8, 4) is 0 Å². The van der Waals surface area contributed by atoms with E-state index in [1.165, 1.54) is 0 Å². The molecule has 0 radical (unpaired) electrons. The van der Waals surface area contributed by atoms with Crippen LogP contribution in [0.4, 0.5) is 0 Å². The quantitative estimate of drug-likeness (QED) is 0.331. The van der Waals surface area contributed by atoms with Crippen molar-refractivity contribution in [3.63, 3.8) is 0 Å². The van der Waals surface area contributed by atoms with E-state index in [4.69, 9.17) is 17.0 Å². The summed E-state index contributed by atoms with van der Waals surface area (Å²) < 4.78 is 5.56. The third-order valence-electron chi connectivity index (χ3n) is 3.45. The Labute approximate surface area is 200 Å². The van der Waals surface area contributed by atoms with Gasteiger partial charge in [0.1, 0.15) is 5.60 Å². The normalized spacial score (nSPS) is 9.84. The fraction of sp³-hybridized carbons (Fsp3) is 0.160. The summed E-state index contributed by atoms with van der Waals surface area (Å²) in [5, 5.41) is 0.194. The molecule has 31 heavy (non-hydrogen) atoms. The minimum Gasteiger partial charge on any atom is -0.477 e. The topological polar surface area (TPSA) is 43.4 Å². The predicted molar refractivity (Wildman–Crippen MR) is 138 cm³/mol. The maximum absolute atomic E-state index is 10.5. The molecule has 162 valence electrons. The van der Waals surface area contributed by atoms with Crippen molar-refractivity contribution < 1.29 is 14.3 Å². The zero-order valence-corrected chi connectivity index (χ0v) is 20.3. The standard InChI is InChI=1S/C11H14OS.2C7H6OS/c1-11(2,3)12-10(13)9-7-5-4-6-8-9;2*8-7(9)6-4-2-1-3-5-6/h4-8H,1-3H3;2*1-5H,(H,8,9). The number of carbonyl (C=O) groups excluding carboxylic acids is 2. The van der Waals surface area contributed by atoms with Gasteiger partial charge in [-0.3, -0.25) is 9.59 Å². The van der Waals surface area contributed by atoms with Gasteiger partial charge in [0, 0.05) is 16.7 Å². The van der Waals surface area contributed by atoms with Crippen LogP contribution < -0.4 is 0 Å². The van der Waals surface area contributed by atoms with E-state index >= 15 is 0 Å². The Bertz CT molecular complexity index is 902. The van der Waals surface area contributed by atoms with E-state index in [9.17, 15) is 9.59 Å². The van der Waals surface area contributed by atoms with Gasteiger partial charge in [-0.15, -0.1) is 25.3 Å². The summed E-state index contributed by atoms with van der Waals surface area (Å²) in [4.78, 5) is 21.0. The van der Waals surface area contributed by atoms with Crippen LogP contribution in [0.2, 0.25) is 0 Å². The Morgan fingerprint density at radius 1 is 0.645 bits per heavy atom. The number of carbonyl (C=O) groups is 2. The second-order valence-electron chi connectivity index (χ2n) is 7.21. The number of benzene rings is 3. The van der Waals surface area contributed by atoms with Crippen LogP contribution in [0.5, 0.6) is 0 Å². The molecule has 3 nitrogen and oxygen atoms in total. The lowest BCUT2D eigenvalue weighted by Gasteiger charge is -2.21. The molecule has 0 heterocycles. The lowest BCUT2D eigenvalue weighted by molar-refractivity contribution is 0.108. The van der Waals surface area contributed by atoms with Crippen LogP contribution in [0.1, 0.15) is 47.1 Å². The van der Waals surface area contributed by atoms with Crippen molar-refractivity contribution in [2.24, 2.45) is 0 Å². The average Bonchev–Trinajstić information content (AvgIpc) is 2.75. The monoisotopic (exact) mass is 470 g/mol. The maximum atomic E-state index is 10.5. The summed E-state index contributed by atoms with van der Waals surface area (Å²) in [6, 6.07) is 27.7. The van der Waals surface area contributed by atoms with Gasteiger partial charge < -0.3 is 4.74 Å². The van der Waals surface area contributed by atoms with Crippen molar-refractivity contribution in [1.82, 2.24) is 0 Å². The van der Waals surface area contributed by atoms with E-state index in [1.54, 1.807) is 24.3 Å². The van der Waals surface area contributed by atoms with Gasteiger partial charge in [-0.1, -0.05) is 91.0 Å². The number of hydrogen-bond donors (Lipinski definition) is 2. The first-order valence-corrected chi connectivity index (χ1v) is 10.8. The lowest BCUT2D eigenvalue weighted by Crippen LogP contribution is -2.23. The Hall–Kier alpha value is -2.41. The van der Waals surface area contributed by atoms with Crippen molar-refractivity contribution in [3.05, 3.63) is 108 Å². The first-order valence-electron chi connectivity index (χ1n) is 9.45. The molecule has 0 aliphatic carbocycles. The lowest BCUT2D eigenvalue weighted by atomic mass is 10.2. The number of hydrogen-bond acceptors (Lipinski definition) is 4. The van der Waals surface area contributed by atoms with Gasteiger partial charge in [-0.05, 0) is 33.0 Å². The number of thiol groups is 2. The average molecular weight is 471 g/mol. The summed E-state index contributed by atoms with van der Waals surface area (Å²) in [7, 11) is 0. The van der Waals surface area contributed by atoms with Crippen molar-refractivity contribution >= 4 is 52.8 Å².